The summed E-state index contributed by atoms with van der Waals surface area (Å²) in [4.78, 5) is 11.2. The Labute approximate surface area is 95.0 Å². The van der Waals surface area contributed by atoms with Gasteiger partial charge in [0, 0.05) is 4.75 Å². The number of thioether (sulfide) groups is 1. The normalized spacial score (nSPS) is 33.1. The maximum absolute atomic E-state index is 11.2. The van der Waals surface area contributed by atoms with Gasteiger partial charge in [-0.25, -0.2) is 0 Å². The molecule has 1 spiro atoms. The lowest BCUT2D eigenvalue weighted by molar-refractivity contribution is -0.140. The molecule has 2 rings (SSSR count). The average Bonchev–Trinajstić information content (AvgIpc) is 2.39. The molecule has 1 aliphatic heterocycles. The lowest BCUT2D eigenvalue weighted by atomic mass is 9.93. The Morgan fingerprint density at radius 2 is 1.93 bits per heavy atom. The molecule has 1 saturated carbocycles. The summed E-state index contributed by atoms with van der Waals surface area (Å²) in [5, 5.41) is 12.5. The van der Waals surface area contributed by atoms with E-state index in [1.165, 1.54) is 19.3 Å². The predicted octanol–water partition coefficient (Wildman–Crippen LogP) is 2.21. The molecule has 0 aromatic carbocycles. The third-order valence-corrected chi connectivity index (χ3v) is 5.15. The average molecular weight is 229 g/mol. The lowest BCUT2D eigenvalue weighted by Gasteiger charge is -2.33. The van der Waals surface area contributed by atoms with Crippen molar-refractivity contribution >= 4 is 17.7 Å². The standard InChI is InChI=1S/C11H19NO2S/c1-10(2)8(9(13)14)12-11(15-10)6-4-3-5-7-11/h8,12H,3-7H2,1-2H3,(H,13,14)/t8-/m0/s1. The molecule has 1 atom stereocenters. The predicted molar refractivity (Wildman–Crippen MR) is 62.0 cm³/mol. The Bertz CT molecular complexity index is 272. The van der Waals surface area contributed by atoms with Gasteiger partial charge >= 0.3 is 5.97 Å². The molecule has 1 saturated heterocycles. The summed E-state index contributed by atoms with van der Waals surface area (Å²) in [6, 6.07) is -0.402. The summed E-state index contributed by atoms with van der Waals surface area (Å²) < 4.78 is -0.191. The van der Waals surface area contributed by atoms with E-state index in [1.54, 1.807) is 0 Å². The van der Waals surface area contributed by atoms with Gasteiger partial charge < -0.3 is 5.11 Å². The molecule has 0 amide bonds. The molecule has 1 aliphatic carbocycles. The zero-order valence-electron chi connectivity index (χ0n) is 9.38. The van der Waals surface area contributed by atoms with Gasteiger partial charge in [0.05, 0.1) is 4.87 Å². The van der Waals surface area contributed by atoms with Gasteiger partial charge in [0.25, 0.3) is 0 Å². The van der Waals surface area contributed by atoms with Gasteiger partial charge in [-0.1, -0.05) is 19.3 Å². The van der Waals surface area contributed by atoms with E-state index >= 15 is 0 Å². The number of carbonyl (C=O) groups is 1. The number of carboxylic acids is 1. The summed E-state index contributed by atoms with van der Waals surface area (Å²) in [5.41, 5.74) is 0. The fourth-order valence-corrected chi connectivity index (χ4v) is 4.71. The van der Waals surface area contributed by atoms with Crippen LogP contribution in [0, 0.1) is 0 Å². The molecule has 3 nitrogen and oxygen atoms in total. The van der Waals surface area contributed by atoms with Crippen LogP contribution in [0.15, 0.2) is 0 Å². The van der Waals surface area contributed by atoms with Gasteiger partial charge in [-0.3, -0.25) is 10.1 Å². The Kier molecular flexibility index (Phi) is 2.75. The number of hydrogen-bond donors (Lipinski definition) is 2. The van der Waals surface area contributed by atoms with Crippen LogP contribution in [0.4, 0.5) is 0 Å². The molecule has 2 fully saturated rings. The van der Waals surface area contributed by atoms with Crippen LogP contribution in [0.2, 0.25) is 0 Å². The maximum atomic E-state index is 11.2. The Balaban J connectivity index is 2.16. The molecule has 15 heavy (non-hydrogen) atoms. The first-order valence-corrected chi connectivity index (χ1v) is 6.48. The lowest BCUT2D eigenvalue weighted by Crippen LogP contribution is -2.49. The monoisotopic (exact) mass is 229 g/mol. The third kappa shape index (κ3) is 2.02. The minimum absolute atomic E-state index is 0.0464. The zero-order chi connectivity index (χ0) is 11.1. The number of rotatable bonds is 1. The van der Waals surface area contributed by atoms with Crippen molar-refractivity contribution in [3.63, 3.8) is 0 Å². The van der Waals surface area contributed by atoms with Gasteiger partial charge in [0.2, 0.25) is 0 Å². The molecule has 0 unspecified atom stereocenters. The molecular formula is C11H19NO2S. The van der Waals surface area contributed by atoms with Crippen molar-refractivity contribution in [2.75, 3.05) is 0 Å². The SMILES string of the molecule is CC1(C)SC2(CCCCC2)N[C@H]1C(=O)O. The fourth-order valence-electron chi connectivity index (χ4n) is 2.76. The van der Waals surface area contributed by atoms with Crippen molar-refractivity contribution in [2.24, 2.45) is 0 Å². The first kappa shape index (κ1) is 11.3. The van der Waals surface area contributed by atoms with Crippen LogP contribution in [-0.2, 0) is 4.79 Å². The van der Waals surface area contributed by atoms with Gasteiger partial charge in [0.1, 0.15) is 6.04 Å². The quantitative estimate of drug-likeness (QED) is 0.724. The molecule has 2 N–H and O–H groups in total. The second-order valence-corrected chi connectivity index (χ2v) is 7.21. The third-order valence-electron chi connectivity index (χ3n) is 3.47. The summed E-state index contributed by atoms with van der Waals surface area (Å²) in [7, 11) is 0. The number of nitrogens with one attached hydrogen (secondary N) is 1. The number of carboxylic acid groups (broad SMARTS) is 1. The molecule has 4 heteroatoms. The van der Waals surface area contributed by atoms with E-state index in [2.05, 4.69) is 5.32 Å². The van der Waals surface area contributed by atoms with Crippen molar-refractivity contribution in [1.82, 2.24) is 5.32 Å². The van der Waals surface area contributed by atoms with E-state index in [9.17, 15) is 9.90 Å². The Morgan fingerprint density at radius 1 is 1.33 bits per heavy atom. The number of aliphatic carboxylic acids is 1. The van der Waals surface area contributed by atoms with Crippen LogP contribution in [-0.4, -0.2) is 26.7 Å². The van der Waals surface area contributed by atoms with Crippen molar-refractivity contribution in [2.45, 2.75) is 61.6 Å². The van der Waals surface area contributed by atoms with E-state index in [4.69, 9.17) is 0 Å². The maximum Gasteiger partial charge on any atom is 0.322 e. The van der Waals surface area contributed by atoms with E-state index in [0.717, 1.165) is 12.8 Å². The van der Waals surface area contributed by atoms with Crippen molar-refractivity contribution < 1.29 is 9.90 Å². The molecule has 0 aromatic heterocycles. The largest absolute Gasteiger partial charge is 0.480 e. The van der Waals surface area contributed by atoms with E-state index in [1.807, 2.05) is 25.6 Å². The second-order valence-electron chi connectivity index (χ2n) is 5.18. The van der Waals surface area contributed by atoms with Gasteiger partial charge in [-0.15, -0.1) is 11.8 Å². The van der Waals surface area contributed by atoms with E-state index in [0.29, 0.717) is 0 Å². The van der Waals surface area contributed by atoms with Crippen LogP contribution >= 0.6 is 11.8 Å². The Morgan fingerprint density at radius 3 is 2.40 bits per heavy atom. The van der Waals surface area contributed by atoms with Crippen LogP contribution < -0.4 is 5.32 Å². The molecule has 86 valence electrons. The smallest absolute Gasteiger partial charge is 0.322 e. The summed E-state index contributed by atoms with van der Waals surface area (Å²) in [6.45, 7) is 4.07. The second kappa shape index (κ2) is 3.67. The minimum Gasteiger partial charge on any atom is -0.480 e. The van der Waals surface area contributed by atoms with Crippen molar-refractivity contribution in [3.05, 3.63) is 0 Å². The van der Waals surface area contributed by atoms with Crippen molar-refractivity contribution in [3.8, 4) is 0 Å². The van der Waals surface area contributed by atoms with Gasteiger partial charge in [-0.2, -0.15) is 0 Å². The summed E-state index contributed by atoms with van der Waals surface area (Å²) in [5.74, 6) is -0.713. The van der Waals surface area contributed by atoms with E-state index < -0.39 is 12.0 Å². The molecule has 0 radical (unpaired) electrons. The van der Waals surface area contributed by atoms with E-state index in [-0.39, 0.29) is 9.62 Å². The first-order valence-electron chi connectivity index (χ1n) is 5.66. The highest BCUT2D eigenvalue weighted by molar-refractivity contribution is 8.02. The van der Waals surface area contributed by atoms with Crippen molar-refractivity contribution in [1.29, 1.82) is 0 Å². The highest BCUT2D eigenvalue weighted by Gasteiger charge is 2.52. The summed E-state index contributed by atoms with van der Waals surface area (Å²) in [6.07, 6.45) is 5.97. The fraction of sp³-hybridized carbons (Fsp3) is 0.909. The van der Waals surface area contributed by atoms with Crippen LogP contribution in [0.25, 0.3) is 0 Å². The molecular weight excluding hydrogens is 210 g/mol. The van der Waals surface area contributed by atoms with Gasteiger partial charge in [0.15, 0.2) is 0 Å². The van der Waals surface area contributed by atoms with Gasteiger partial charge in [-0.05, 0) is 26.7 Å². The summed E-state index contributed by atoms with van der Waals surface area (Å²) >= 11 is 1.84. The molecule has 1 heterocycles. The van der Waals surface area contributed by atoms with Crippen LogP contribution in [0.3, 0.4) is 0 Å². The highest BCUT2D eigenvalue weighted by Crippen LogP contribution is 2.51. The number of hydrogen-bond acceptors (Lipinski definition) is 3. The molecule has 0 aromatic rings. The topological polar surface area (TPSA) is 49.3 Å². The zero-order valence-corrected chi connectivity index (χ0v) is 10.2. The Hall–Kier alpha value is -0.220. The first-order chi connectivity index (χ1) is 6.95. The van der Waals surface area contributed by atoms with Crippen LogP contribution in [0.5, 0.6) is 0 Å². The highest BCUT2D eigenvalue weighted by atomic mass is 32.2. The van der Waals surface area contributed by atoms with Crippen LogP contribution in [0.1, 0.15) is 46.0 Å². The molecule has 2 aliphatic rings. The molecule has 0 bridgehead atoms. The minimum atomic E-state index is -0.713.